The Kier molecular flexibility index (Phi) is 6.11. The highest BCUT2D eigenvalue weighted by Crippen LogP contribution is 2.35. The van der Waals surface area contributed by atoms with Gasteiger partial charge in [-0.15, -0.1) is 0 Å². The van der Waals surface area contributed by atoms with Crippen LogP contribution in [0.25, 0.3) is 0 Å². The van der Waals surface area contributed by atoms with E-state index in [4.69, 9.17) is 0 Å². The highest BCUT2D eigenvalue weighted by molar-refractivity contribution is 7.99. The van der Waals surface area contributed by atoms with Gasteiger partial charge in [-0.1, -0.05) is 31.5 Å². The third-order valence-electron chi connectivity index (χ3n) is 4.89. The Morgan fingerprint density at radius 3 is 2.56 bits per heavy atom. The first-order valence-electron chi connectivity index (χ1n) is 8.97. The molecule has 1 N–H and O–H groups in total. The zero-order valence-corrected chi connectivity index (χ0v) is 15.8. The number of amides is 1. The molecule has 2 atom stereocenters. The smallest absolute Gasteiger partial charge is 0.284 e. The molecule has 0 radical (unpaired) electrons. The van der Waals surface area contributed by atoms with E-state index in [1.54, 1.807) is 24.3 Å². The SMILES string of the molecule is C[C@H]1CCCC[C@H]1NC(=O)c1ccc(Sc2ccc(F)cc2)c([N+](=O)[O-])c1. The van der Waals surface area contributed by atoms with Crippen LogP contribution in [-0.2, 0) is 0 Å². The van der Waals surface area contributed by atoms with Gasteiger partial charge >= 0.3 is 0 Å². The van der Waals surface area contributed by atoms with E-state index in [2.05, 4.69) is 12.2 Å². The molecule has 142 valence electrons. The van der Waals surface area contributed by atoms with Crippen molar-refractivity contribution in [2.24, 2.45) is 5.92 Å². The van der Waals surface area contributed by atoms with Crippen LogP contribution in [-0.4, -0.2) is 16.9 Å². The van der Waals surface area contributed by atoms with E-state index in [0.717, 1.165) is 19.3 Å². The zero-order chi connectivity index (χ0) is 19.4. The number of benzene rings is 2. The summed E-state index contributed by atoms with van der Waals surface area (Å²) < 4.78 is 13.0. The summed E-state index contributed by atoms with van der Waals surface area (Å²) in [6.45, 7) is 2.12. The number of nitrogens with zero attached hydrogens (tertiary/aromatic N) is 1. The van der Waals surface area contributed by atoms with Crippen molar-refractivity contribution >= 4 is 23.4 Å². The third kappa shape index (κ3) is 4.86. The number of carbonyl (C=O) groups excluding carboxylic acids is 1. The van der Waals surface area contributed by atoms with E-state index in [-0.39, 0.29) is 29.0 Å². The van der Waals surface area contributed by atoms with Crippen LogP contribution in [0.15, 0.2) is 52.3 Å². The molecule has 27 heavy (non-hydrogen) atoms. The van der Waals surface area contributed by atoms with Gasteiger partial charge in [0.1, 0.15) is 5.82 Å². The monoisotopic (exact) mass is 388 g/mol. The van der Waals surface area contributed by atoms with E-state index < -0.39 is 4.92 Å². The highest BCUT2D eigenvalue weighted by Gasteiger charge is 2.25. The number of nitro benzene ring substituents is 1. The lowest BCUT2D eigenvalue weighted by atomic mass is 9.86. The third-order valence-corrected chi connectivity index (χ3v) is 5.96. The van der Waals surface area contributed by atoms with E-state index >= 15 is 0 Å². The van der Waals surface area contributed by atoms with Gasteiger partial charge in [0.05, 0.1) is 9.82 Å². The number of carbonyl (C=O) groups is 1. The molecular formula is C20H21FN2O3S. The highest BCUT2D eigenvalue weighted by atomic mass is 32.2. The second kappa shape index (κ2) is 8.52. The molecule has 0 unspecified atom stereocenters. The van der Waals surface area contributed by atoms with Crippen molar-refractivity contribution in [2.45, 2.75) is 48.4 Å². The van der Waals surface area contributed by atoms with Crippen molar-refractivity contribution in [2.75, 3.05) is 0 Å². The summed E-state index contributed by atoms with van der Waals surface area (Å²) in [5.74, 6) is -0.237. The topological polar surface area (TPSA) is 72.2 Å². The lowest BCUT2D eigenvalue weighted by molar-refractivity contribution is -0.387. The maximum atomic E-state index is 13.0. The van der Waals surface area contributed by atoms with Gasteiger partial charge in [-0.05, 0) is 55.2 Å². The van der Waals surface area contributed by atoms with Crippen molar-refractivity contribution < 1.29 is 14.1 Å². The molecule has 0 heterocycles. The Labute approximate surface area is 161 Å². The molecule has 0 saturated heterocycles. The van der Waals surface area contributed by atoms with Crippen molar-refractivity contribution in [3.8, 4) is 0 Å². The van der Waals surface area contributed by atoms with Crippen molar-refractivity contribution in [1.82, 2.24) is 5.32 Å². The largest absolute Gasteiger partial charge is 0.349 e. The first kappa shape index (κ1) is 19.4. The number of nitro groups is 1. The van der Waals surface area contributed by atoms with Crippen LogP contribution in [0.4, 0.5) is 10.1 Å². The first-order valence-corrected chi connectivity index (χ1v) is 9.78. The molecular weight excluding hydrogens is 367 g/mol. The zero-order valence-electron chi connectivity index (χ0n) is 15.0. The molecule has 1 amide bonds. The normalized spacial score (nSPS) is 19.5. The minimum Gasteiger partial charge on any atom is -0.349 e. The summed E-state index contributed by atoms with van der Waals surface area (Å²) in [5.41, 5.74) is 0.150. The molecule has 2 aromatic rings. The minimum absolute atomic E-state index is 0.110. The maximum absolute atomic E-state index is 13.0. The fraction of sp³-hybridized carbons (Fsp3) is 0.350. The van der Waals surface area contributed by atoms with E-state index in [1.165, 1.54) is 36.4 Å². The summed E-state index contributed by atoms with van der Waals surface area (Å²) >= 11 is 1.17. The van der Waals surface area contributed by atoms with Crippen LogP contribution < -0.4 is 5.32 Å². The molecule has 5 nitrogen and oxygen atoms in total. The lowest BCUT2D eigenvalue weighted by Crippen LogP contribution is -2.41. The molecule has 1 aliphatic rings. The Morgan fingerprint density at radius 1 is 1.19 bits per heavy atom. The molecule has 2 aromatic carbocycles. The van der Waals surface area contributed by atoms with Crippen LogP contribution in [0.5, 0.6) is 0 Å². The Hall–Kier alpha value is -2.41. The van der Waals surface area contributed by atoms with Gasteiger partial charge < -0.3 is 5.32 Å². The summed E-state index contributed by atoms with van der Waals surface area (Å²) in [6, 6.07) is 10.3. The predicted molar refractivity (Wildman–Crippen MR) is 103 cm³/mol. The van der Waals surface area contributed by atoms with Crippen LogP contribution in [0, 0.1) is 21.8 Å². The Balaban J connectivity index is 1.79. The molecule has 0 aromatic heterocycles. The summed E-state index contributed by atoms with van der Waals surface area (Å²) in [5, 5.41) is 14.5. The standard InChI is InChI=1S/C20H21FN2O3S/c1-13-4-2-3-5-17(13)22-20(24)14-6-11-19(18(12-14)23(25)26)27-16-9-7-15(21)8-10-16/h6-13,17H,2-5H2,1H3,(H,22,24)/t13-,17+/m0/s1. The number of rotatable bonds is 5. The van der Waals surface area contributed by atoms with Gasteiger partial charge in [0.25, 0.3) is 11.6 Å². The number of halogens is 1. The van der Waals surface area contributed by atoms with Crippen LogP contribution >= 0.6 is 11.8 Å². The molecule has 1 saturated carbocycles. The van der Waals surface area contributed by atoms with E-state index in [1.807, 2.05) is 0 Å². The second-order valence-corrected chi connectivity index (χ2v) is 7.95. The van der Waals surface area contributed by atoms with Gasteiger partial charge in [0, 0.05) is 22.6 Å². The fourth-order valence-electron chi connectivity index (χ4n) is 3.30. The Morgan fingerprint density at radius 2 is 1.89 bits per heavy atom. The van der Waals surface area contributed by atoms with Crippen LogP contribution in [0.2, 0.25) is 0 Å². The Bertz CT molecular complexity index is 842. The number of hydrogen-bond donors (Lipinski definition) is 1. The number of hydrogen-bond acceptors (Lipinski definition) is 4. The molecule has 0 spiro atoms. The first-order chi connectivity index (χ1) is 12.9. The molecule has 3 rings (SSSR count). The average molecular weight is 388 g/mol. The lowest BCUT2D eigenvalue weighted by Gasteiger charge is -2.29. The summed E-state index contributed by atoms with van der Waals surface area (Å²) in [6.07, 6.45) is 4.28. The predicted octanol–water partition coefficient (Wildman–Crippen LogP) is 5.19. The minimum atomic E-state index is -0.494. The summed E-state index contributed by atoms with van der Waals surface area (Å²) in [7, 11) is 0. The molecule has 1 fully saturated rings. The van der Waals surface area contributed by atoms with Crippen LogP contribution in [0.3, 0.4) is 0 Å². The van der Waals surface area contributed by atoms with Crippen molar-refractivity contribution in [3.63, 3.8) is 0 Å². The molecule has 1 aliphatic carbocycles. The fourth-order valence-corrected chi connectivity index (χ4v) is 4.20. The van der Waals surface area contributed by atoms with Gasteiger partial charge in [0.2, 0.25) is 0 Å². The van der Waals surface area contributed by atoms with Gasteiger partial charge in [-0.2, -0.15) is 0 Å². The van der Waals surface area contributed by atoms with Crippen molar-refractivity contribution in [1.29, 1.82) is 0 Å². The van der Waals surface area contributed by atoms with Gasteiger partial charge in [-0.25, -0.2) is 4.39 Å². The van der Waals surface area contributed by atoms with E-state index in [9.17, 15) is 19.3 Å². The van der Waals surface area contributed by atoms with Crippen LogP contribution in [0.1, 0.15) is 43.0 Å². The second-order valence-electron chi connectivity index (χ2n) is 6.84. The van der Waals surface area contributed by atoms with Gasteiger partial charge in [0.15, 0.2) is 0 Å². The van der Waals surface area contributed by atoms with Crippen molar-refractivity contribution in [3.05, 3.63) is 64.0 Å². The average Bonchev–Trinajstić information content (AvgIpc) is 2.65. The number of nitrogens with one attached hydrogen (secondary N) is 1. The molecule has 7 heteroatoms. The molecule has 0 aliphatic heterocycles. The quantitative estimate of drug-likeness (QED) is 0.565. The van der Waals surface area contributed by atoms with E-state index in [0.29, 0.717) is 15.7 Å². The summed E-state index contributed by atoms with van der Waals surface area (Å²) in [4.78, 5) is 24.6. The maximum Gasteiger partial charge on any atom is 0.284 e. The van der Waals surface area contributed by atoms with Gasteiger partial charge in [-0.3, -0.25) is 14.9 Å². The molecule has 0 bridgehead atoms.